The second-order valence-electron chi connectivity index (χ2n) is 4.89. The van der Waals surface area contributed by atoms with E-state index < -0.39 is 9.84 Å². The van der Waals surface area contributed by atoms with Gasteiger partial charge in [0.2, 0.25) is 0 Å². The zero-order valence-electron chi connectivity index (χ0n) is 12.1. The topological polar surface area (TPSA) is 68.5 Å². The van der Waals surface area contributed by atoms with Gasteiger partial charge in [0.1, 0.15) is 17.6 Å². The Labute approximate surface area is 124 Å². The van der Waals surface area contributed by atoms with Crippen LogP contribution in [0.25, 0.3) is 0 Å². The molecular weight excluding hydrogens is 290 g/mol. The van der Waals surface area contributed by atoms with Crippen LogP contribution in [-0.4, -0.2) is 27.3 Å². The van der Waals surface area contributed by atoms with Gasteiger partial charge in [0.05, 0.1) is 17.7 Å². The minimum Gasteiger partial charge on any atom is -0.489 e. The van der Waals surface area contributed by atoms with Crippen molar-refractivity contribution < 1.29 is 17.6 Å². The van der Waals surface area contributed by atoms with E-state index in [1.807, 2.05) is 19.1 Å². The summed E-state index contributed by atoms with van der Waals surface area (Å²) in [6, 6.07) is 10.3. The average Bonchev–Trinajstić information content (AvgIpc) is 2.91. The molecule has 1 aromatic carbocycles. The van der Waals surface area contributed by atoms with Gasteiger partial charge in [-0.2, -0.15) is 0 Å². The highest BCUT2D eigenvalue weighted by molar-refractivity contribution is 7.90. The van der Waals surface area contributed by atoms with Crippen LogP contribution in [0.2, 0.25) is 0 Å². The van der Waals surface area contributed by atoms with Crippen LogP contribution in [0.4, 0.5) is 0 Å². The number of ether oxygens (including phenoxy) is 1. The van der Waals surface area contributed by atoms with Crippen LogP contribution < -0.4 is 10.1 Å². The quantitative estimate of drug-likeness (QED) is 0.849. The van der Waals surface area contributed by atoms with Gasteiger partial charge in [-0.05, 0) is 37.3 Å². The molecule has 1 N–H and O–H groups in total. The van der Waals surface area contributed by atoms with E-state index in [1.54, 1.807) is 30.5 Å². The Morgan fingerprint density at radius 3 is 2.76 bits per heavy atom. The smallest absolute Gasteiger partial charge is 0.175 e. The molecule has 21 heavy (non-hydrogen) atoms. The summed E-state index contributed by atoms with van der Waals surface area (Å²) in [6.07, 6.45) is 2.73. The number of furan rings is 1. The Balaban J connectivity index is 1.86. The molecule has 1 heterocycles. The first-order chi connectivity index (χ1) is 9.95. The molecule has 0 aliphatic rings. The molecule has 2 aromatic rings. The van der Waals surface area contributed by atoms with Crippen molar-refractivity contribution in [2.45, 2.75) is 24.5 Å². The molecule has 0 amide bonds. The van der Waals surface area contributed by atoms with Gasteiger partial charge in [-0.25, -0.2) is 8.42 Å². The summed E-state index contributed by atoms with van der Waals surface area (Å²) in [7, 11) is -3.22. The molecule has 0 aliphatic heterocycles. The van der Waals surface area contributed by atoms with E-state index in [-0.39, 0.29) is 11.0 Å². The number of nitrogens with one attached hydrogen (secondary N) is 1. The summed E-state index contributed by atoms with van der Waals surface area (Å²) in [5.41, 5.74) is 0. The third-order valence-electron chi connectivity index (χ3n) is 2.88. The molecule has 0 saturated carbocycles. The zero-order valence-corrected chi connectivity index (χ0v) is 12.9. The molecule has 6 heteroatoms. The van der Waals surface area contributed by atoms with Crippen LogP contribution in [0.1, 0.15) is 12.7 Å². The van der Waals surface area contributed by atoms with E-state index in [0.29, 0.717) is 18.8 Å². The molecule has 0 fully saturated rings. The van der Waals surface area contributed by atoms with E-state index in [2.05, 4.69) is 5.32 Å². The highest BCUT2D eigenvalue weighted by Crippen LogP contribution is 2.18. The van der Waals surface area contributed by atoms with E-state index in [0.717, 1.165) is 5.76 Å². The number of benzene rings is 1. The monoisotopic (exact) mass is 309 g/mol. The average molecular weight is 309 g/mol. The normalized spacial score (nSPS) is 13.0. The third kappa shape index (κ3) is 4.91. The number of hydrogen-bond acceptors (Lipinski definition) is 5. The molecule has 5 nitrogen and oxygen atoms in total. The van der Waals surface area contributed by atoms with Crippen LogP contribution in [0, 0.1) is 0 Å². The fourth-order valence-electron chi connectivity index (χ4n) is 1.86. The summed E-state index contributed by atoms with van der Waals surface area (Å²) < 4.78 is 33.9. The van der Waals surface area contributed by atoms with Crippen molar-refractivity contribution >= 4 is 9.84 Å². The standard InChI is InChI=1S/C15H19NO4S/c1-12(10-16-11-14-6-4-8-19-14)20-13-5-3-7-15(9-13)21(2,17)18/h3-9,12,16H,10-11H2,1-2H3. The van der Waals surface area contributed by atoms with Crippen molar-refractivity contribution in [1.29, 1.82) is 0 Å². The van der Waals surface area contributed by atoms with E-state index >= 15 is 0 Å². The van der Waals surface area contributed by atoms with Crippen molar-refractivity contribution in [3.8, 4) is 5.75 Å². The lowest BCUT2D eigenvalue weighted by Gasteiger charge is -2.15. The van der Waals surface area contributed by atoms with Gasteiger partial charge in [0.25, 0.3) is 0 Å². The lowest BCUT2D eigenvalue weighted by molar-refractivity contribution is 0.215. The second-order valence-corrected chi connectivity index (χ2v) is 6.90. The maximum absolute atomic E-state index is 11.5. The second kappa shape index (κ2) is 6.78. The molecule has 1 atom stereocenters. The summed E-state index contributed by atoms with van der Waals surface area (Å²) >= 11 is 0. The maximum atomic E-state index is 11.5. The SMILES string of the molecule is CC(CNCc1ccco1)Oc1cccc(S(C)(=O)=O)c1. The maximum Gasteiger partial charge on any atom is 0.175 e. The van der Waals surface area contributed by atoms with E-state index in [9.17, 15) is 8.42 Å². The van der Waals surface area contributed by atoms with Crippen molar-refractivity contribution in [3.05, 3.63) is 48.4 Å². The molecule has 0 radical (unpaired) electrons. The fourth-order valence-corrected chi connectivity index (χ4v) is 2.52. The van der Waals surface area contributed by atoms with Gasteiger partial charge in [-0.3, -0.25) is 0 Å². The van der Waals surface area contributed by atoms with Crippen LogP contribution in [0.3, 0.4) is 0 Å². The first-order valence-corrected chi connectivity index (χ1v) is 8.54. The number of hydrogen-bond donors (Lipinski definition) is 1. The predicted octanol–water partition coefficient (Wildman–Crippen LogP) is 2.24. The molecule has 0 bridgehead atoms. The Bertz CT molecular complexity index is 665. The molecule has 2 rings (SSSR count). The molecule has 114 valence electrons. The number of rotatable bonds is 7. The van der Waals surface area contributed by atoms with Crippen molar-refractivity contribution in [3.63, 3.8) is 0 Å². The third-order valence-corrected chi connectivity index (χ3v) is 3.99. The Morgan fingerprint density at radius 1 is 1.29 bits per heavy atom. The molecule has 0 aliphatic carbocycles. The Kier molecular flexibility index (Phi) is 5.03. The van der Waals surface area contributed by atoms with Gasteiger partial charge < -0.3 is 14.5 Å². The zero-order chi connectivity index (χ0) is 15.3. The summed E-state index contributed by atoms with van der Waals surface area (Å²) in [6.45, 7) is 3.18. The minimum absolute atomic E-state index is 0.0882. The molecule has 1 aromatic heterocycles. The van der Waals surface area contributed by atoms with Crippen molar-refractivity contribution in [2.24, 2.45) is 0 Å². The lowest BCUT2D eigenvalue weighted by Crippen LogP contribution is -2.28. The van der Waals surface area contributed by atoms with Crippen molar-refractivity contribution in [1.82, 2.24) is 5.32 Å². The highest BCUT2D eigenvalue weighted by atomic mass is 32.2. The van der Waals surface area contributed by atoms with Gasteiger partial charge >= 0.3 is 0 Å². The van der Waals surface area contributed by atoms with E-state index in [4.69, 9.17) is 9.15 Å². The van der Waals surface area contributed by atoms with Crippen molar-refractivity contribution in [2.75, 3.05) is 12.8 Å². The first-order valence-electron chi connectivity index (χ1n) is 6.65. The Hall–Kier alpha value is -1.79. The number of sulfone groups is 1. The van der Waals surface area contributed by atoms with Gasteiger partial charge in [0.15, 0.2) is 9.84 Å². The minimum atomic E-state index is -3.22. The highest BCUT2D eigenvalue weighted by Gasteiger charge is 2.10. The summed E-state index contributed by atoms with van der Waals surface area (Å²) in [4.78, 5) is 0.260. The van der Waals surface area contributed by atoms with Gasteiger partial charge in [0, 0.05) is 12.8 Å². The lowest BCUT2D eigenvalue weighted by atomic mass is 10.3. The molecule has 0 saturated heterocycles. The van der Waals surface area contributed by atoms with Gasteiger partial charge in [-0.1, -0.05) is 6.07 Å². The van der Waals surface area contributed by atoms with Gasteiger partial charge in [-0.15, -0.1) is 0 Å². The van der Waals surface area contributed by atoms with Crippen LogP contribution in [-0.2, 0) is 16.4 Å². The molecule has 1 unspecified atom stereocenters. The molecular formula is C15H19NO4S. The van der Waals surface area contributed by atoms with E-state index in [1.165, 1.54) is 6.26 Å². The predicted molar refractivity (Wildman–Crippen MR) is 80.1 cm³/mol. The summed E-state index contributed by atoms with van der Waals surface area (Å²) in [5, 5.41) is 3.22. The summed E-state index contributed by atoms with van der Waals surface area (Å²) in [5.74, 6) is 1.41. The van der Waals surface area contributed by atoms with Crippen LogP contribution >= 0.6 is 0 Å². The first kappa shape index (κ1) is 15.6. The van der Waals surface area contributed by atoms with Crippen LogP contribution in [0.5, 0.6) is 5.75 Å². The largest absolute Gasteiger partial charge is 0.489 e. The Morgan fingerprint density at radius 2 is 2.10 bits per heavy atom. The van der Waals surface area contributed by atoms with Crippen LogP contribution in [0.15, 0.2) is 52.0 Å². The fraction of sp³-hybridized carbons (Fsp3) is 0.333. The molecule has 0 spiro atoms.